The first-order valence-corrected chi connectivity index (χ1v) is 2.82. The van der Waals surface area contributed by atoms with Gasteiger partial charge in [0.15, 0.2) is 0 Å². The largest absolute Gasteiger partial charge is 0.348 e. The summed E-state index contributed by atoms with van der Waals surface area (Å²) in [6.07, 6.45) is 3.97. The first-order chi connectivity index (χ1) is 3.43. The molecule has 7 heavy (non-hydrogen) atoms. The molecule has 1 aliphatic rings. The van der Waals surface area contributed by atoms with Crippen molar-refractivity contribution in [3.63, 3.8) is 0 Å². The van der Waals surface area contributed by atoms with E-state index in [1.807, 2.05) is 0 Å². The van der Waals surface area contributed by atoms with E-state index in [-0.39, 0.29) is 0 Å². The van der Waals surface area contributed by atoms with E-state index >= 15 is 0 Å². The van der Waals surface area contributed by atoms with Crippen molar-refractivity contribution >= 4 is 11.6 Å². The molecule has 0 aliphatic heterocycles. The fourth-order valence-corrected chi connectivity index (χ4v) is 0.678. The quantitative estimate of drug-likeness (QED) is 0.537. The van der Waals surface area contributed by atoms with E-state index in [0.717, 1.165) is 12.8 Å². The van der Waals surface area contributed by atoms with Gasteiger partial charge in [-0.15, -0.1) is 0 Å². The summed E-state index contributed by atoms with van der Waals surface area (Å²) < 4.78 is 4.79. The van der Waals surface area contributed by atoms with Crippen LogP contribution in [0.2, 0.25) is 0 Å². The summed E-state index contributed by atoms with van der Waals surface area (Å²) in [5.74, 6) is 0. The van der Waals surface area contributed by atoms with Gasteiger partial charge >= 0.3 is 0 Å². The standard InChI is InChI=1S/C5H7ClO/c6-4-7-5-2-1-3-5/h5H,1-3H2. The third kappa shape index (κ3) is 1.32. The average Bonchev–Trinajstić information content (AvgIpc) is 1.55. The summed E-state index contributed by atoms with van der Waals surface area (Å²) in [4.78, 5) is 0. The van der Waals surface area contributed by atoms with Crippen LogP contribution in [0.1, 0.15) is 19.3 Å². The van der Waals surface area contributed by atoms with E-state index < -0.39 is 0 Å². The molecule has 0 aromatic heterocycles. The maximum Gasteiger partial charge on any atom is 0.236 e. The van der Waals surface area contributed by atoms with E-state index in [0.29, 0.717) is 6.10 Å². The predicted molar refractivity (Wildman–Crippen MR) is 27.8 cm³/mol. The molecular formula is C5H7ClO. The van der Waals surface area contributed by atoms with Crippen molar-refractivity contribution in [1.29, 1.82) is 0 Å². The van der Waals surface area contributed by atoms with Gasteiger partial charge in [0, 0.05) is 0 Å². The fraction of sp³-hybridized carbons (Fsp3) is 0.800. The number of ether oxygens (including phenoxy) is 1. The average molecular weight is 119 g/mol. The van der Waals surface area contributed by atoms with E-state index in [1.165, 1.54) is 6.42 Å². The highest BCUT2D eigenvalue weighted by Gasteiger charge is 2.17. The Kier molecular flexibility index (Phi) is 1.95. The SMILES string of the molecule is Cl[C]OC1CCC1. The first kappa shape index (κ1) is 5.39. The Hall–Kier alpha value is 0.250. The summed E-state index contributed by atoms with van der Waals surface area (Å²) in [5, 5.41) is 0. The Morgan fingerprint density at radius 2 is 2.29 bits per heavy atom. The second-order valence-corrected chi connectivity index (χ2v) is 1.90. The van der Waals surface area contributed by atoms with Gasteiger partial charge in [0.2, 0.25) is 6.07 Å². The molecule has 0 spiro atoms. The third-order valence-corrected chi connectivity index (χ3v) is 1.35. The molecule has 0 aromatic carbocycles. The highest BCUT2D eigenvalue weighted by Crippen LogP contribution is 2.22. The smallest absolute Gasteiger partial charge is 0.236 e. The van der Waals surface area contributed by atoms with Crippen molar-refractivity contribution in [2.24, 2.45) is 0 Å². The van der Waals surface area contributed by atoms with Crippen molar-refractivity contribution in [2.75, 3.05) is 0 Å². The Morgan fingerprint density at radius 1 is 1.57 bits per heavy atom. The molecule has 0 amide bonds. The highest BCUT2D eigenvalue weighted by molar-refractivity contribution is 6.22. The molecule has 1 fully saturated rings. The molecule has 0 saturated heterocycles. The molecular weight excluding hydrogens is 112 g/mol. The topological polar surface area (TPSA) is 9.23 Å². The third-order valence-electron chi connectivity index (χ3n) is 1.26. The lowest BCUT2D eigenvalue weighted by atomic mass is 9.96. The predicted octanol–water partition coefficient (Wildman–Crippen LogP) is 1.79. The van der Waals surface area contributed by atoms with Gasteiger partial charge in [0.25, 0.3) is 0 Å². The highest BCUT2D eigenvalue weighted by atomic mass is 35.5. The first-order valence-electron chi connectivity index (χ1n) is 2.45. The number of hydrogen-bond donors (Lipinski definition) is 0. The molecule has 0 bridgehead atoms. The van der Waals surface area contributed by atoms with Gasteiger partial charge < -0.3 is 4.74 Å². The minimum absolute atomic E-state index is 0.387. The molecule has 0 heterocycles. The Bertz CT molecular complexity index is 52.0. The molecule has 0 aromatic rings. The van der Waals surface area contributed by atoms with Gasteiger partial charge in [-0.1, -0.05) is 11.6 Å². The molecule has 1 rings (SSSR count). The monoisotopic (exact) mass is 118 g/mol. The van der Waals surface area contributed by atoms with Gasteiger partial charge in [-0.3, -0.25) is 0 Å². The Labute approximate surface area is 48.6 Å². The van der Waals surface area contributed by atoms with Gasteiger partial charge in [-0.05, 0) is 19.3 Å². The molecule has 40 valence electrons. The summed E-state index contributed by atoms with van der Waals surface area (Å²) in [6.45, 7) is 0. The van der Waals surface area contributed by atoms with Crippen LogP contribution in [0.4, 0.5) is 0 Å². The molecule has 0 N–H and O–H groups in total. The van der Waals surface area contributed by atoms with Crippen LogP contribution in [-0.4, -0.2) is 6.10 Å². The van der Waals surface area contributed by atoms with Gasteiger partial charge in [-0.25, -0.2) is 0 Å². The molecule has 1 aliphatic carbocycles. The zero-order chi connectivity index (χ0) is 5.11. The van der Waals surface area contributed by atoms with Crippen molar-refractivity contribution in [3.8, 4) is 0 Å². The van der Waals surface area contributed by atoms with Gasteiger partial charge in [-0.2, -0.15) is 0 Å². The maximum absolute atomic E-state index is 5.04. The summed E-state index contributed by atoms with van der Waals surface area (Å²) in [5.41, 5.74) is 0. The minimum Gasteiger partial charge on any atom is -0.348 e. The molecule has 0 atom stereocenters. The van der Waals surface area contributed by atoms with Crippen molar-refractivity contribution in [2.45, 2.75) is 25.4 Å². The van der Waals surface area contributed by atoms with Crippen LogP contribution >= 0.6 is 11.6 Å². The van der Waals surface area contributed by atoms with Crippen molar-refractivity contribution in [3.05, 3.63) is 6.07 Å². The van der Waals surface area contributed by atoms with Crippen LogP contribution in [0.15, 0.2) is 0 Å². The fourth-order valence-electron chi connectivity index (χ4n) is 0.552. The van der Waals surface area contributed by atoms with Crippen LogP contribution in [0.25, 0.3) is 0 Å². The summed E-state index contributed by atoms with van der Waals surface area (Å²) in [7, 11) is 0. The summed E-state index contributed by atoms with van der Waals surface area (Å²) in [6, 6.07) is 2.14. The van der Waals surface area contributed by atoms with E-state index in [9.17, 15) is 0 Å². The Morgan fingerprint density at radius 3 is 2.43 bits per heavy atom. The zero-order valence-corrected chi connectivity index (χ0v) is 4.74. The second kappa shape index (κ2) is 2.53. The zero-order valence-electron chi connectivity index (χ0n) is 3.98. The van der Waals surface area contributed by atoms with Crippen LogP contribution in [0.5, 0.6) is 0 Å². The number of hydrogen-bond acceptors (Lipinski definition) is 1. The van der Waals surface area contributed by atoms with E-state index in [4.69, 9.17) is 16.3 Å². The molecule has 1 saturated carbocycles. The lowest BCUT2D eigenvalue weighted by Crippen LogP contribution is -2.19. The lowest BCUT2D eigenvalue weighted by molar-refractivity contribution is 0.0602. The second-order valence-electron chi connectivity index (χ2n) is 1.75. The van der Waals surface area contributed by atoms with Crippen LogP contribution in [-0.2, 0) is 4.74 Å². The molecule has 0 unspecified atom stereocenters. The van der Waals surface area contributed by atoms with E-state index in [1.54, 1.807) is 0 Å². The van der Waals surface area contributed by atoms with Crippen LogP contribution in [0.3, 0.4) is 0 Å². The molecule has 1 nitrogen and oxygen atoms in total. The van der Waals surface area contributed by atoms with E-state index in [2.05, 4.69) is 6.07 Å². The lowest BCUT2D eigenvalue weighted by Gasteiger charge is -2.23. The minimum atomic E-state index is 0.387. The molecule has 2 radical (unpaired) electrons. The summed E-state index contributed by atoms with van der Waals surface area (Å²) >= 11 is 5.04. The number of halogens is 1. The van der Waals surface area contributed by atoms with Gasteiger partial charge in [0.05, 0.1) is 6.10 Å². The Balaban J connectivity index is 1.93. The van der Waals surface area contributed by atoms with Gasteiger partial charge in [0.1, 0.15) is 0 Å². The normalized spacial score (nSPS) is 21.9. The molecule has 2 heteroatoms. The van der Waals surface area contributed by atoms with Crippen molar-refractivity contribution in [1.82, 2.24) is 0 Å². The van der Waals surface area contributed by atoms with Crippen molar-refractivity contribution < 1.29 is 4.74 Å². The van der Waals surface area contributed by atoms with Crippen LogP contribution in [0, 0.1) is 6.07 Å². The number of rotatable bonds is 2. The maximum atomic E-state index is 5.04. The van der Waals surface area contributed by atoms with Crippen LogP contribution < -0.4 is 0 Å².